The molecule has 1 saturated carbocycles. The van der Waals surface area contributed by atoms with E-state index in [1.54, 1.807) is 6.07 Å². The summed E-state index contributed by atoms with van der Waals surface area (Å²) in [6, 6.07) is 4.61. The zero-order chi connectivity index (χ0) is 14.5. The molecule has 0 aromatic heterocycles. The Bertz CT molecular complexity index is 635. The Morgan fingerprint density at radius 3 is 2.65 bits per heavy atom. The molecule has 2 aliphatic rings. The summed E-state index contributed by atoms with van der Waals surface area (Å²) < 4.78 is 26.9. The molecular weight excluding hydrogens is 319 g/mol. The van der Waals surface area contributed by atoms with Crippen molar-refractivity contribution in [2.45, 2.75) is 23.8 Å². The molecule has 1 saturated heterocycles. The third kappa shape index (κ3) is 2.35. The molecule has 3 rings (SSSR count). The topological polar surface area (TPSA) is 63.4 Å². The number of fused-ring (bicyclic) bond motifs is 1. The highest BCUT2D eigenvalue weighted by atomic mass is 35.5. The summed E-state index contributed by atoms with van der Waals surface area (Å²) in [5.74, 6) is 0.639. The van der Waals surface area contributed by atoms with Crippen LogP contribution in [0.3, 0.4) is 0 Å². The number of hydrogen-bond donors (Lipinski definition) is 1. The van der Waals surface area contributed by atoms with Gasteiger partial charge in [-0.3, -0.25) is 0 Å². The molecule has 3 atom stereocenters. The minimum absolute atomic E-state index is 0.0835. The van der Waals surface area contributed by atoms with Crippen LogP contribution in [0.2, 0.25) is 10.0 Å². The summed E-state index contributed by atoms with van der Waals surface area (Å²) >= 11 is 11.9. The van der Waals surface area contributed by atoms with E-state index >= 15 is 0 Å². The second-order valence-electron chi connectivity index (χ2n) is 5.56. The second kappa shape index (κ2) is 5.14. The van der Waals surface area contributed by atoms with Crippen molar-refractivity contribution in [2.24, 2.45) is 17.6 Å². The van der Waals surface area contributed by atoms with E-state index in [0.29, 0.717) is 24.0 Å². The lowest BCUT2D eigenvalue weighted by Gasteiger charge is -2.19. The SMILES string of the molecule is NC1CCC2CN(S(=O)(=O)c3cc(Cl)ccc3Cl)CC12. The lowest BCUT2D eigenvalue weighted by atomic mass is 9.98. The van der Waals surface area contributed by atoms with Crippen LogP contribution in [-0.2, 0) is 10.0 Å². The van der Waals surface area contributed by atoms with Gasteiger partial charge in [0.1, 0.15) is 4.90 Å². The number of benzene rings is 1. The highest BCUT2D eigenvalue weighted by Crippen LogP contribution is 2.40. The van der Waals surface area contributed by atoms with Crippen LogP contribution in [-0.4, -0.2) is 31.9 Å². The molecule has 3 unspecified atom stereocenters. The van der Waals surface area contributed by atoms with Crippen molar-refractivity contribution < 1.29 is 8.42 Å². The van der Waals surface area contributed by atoms with Crippen LogP contribution in [0, 0.1) is 11.8 Å². The van der Waals surface area contributed by atoms with Crippen LogP contribution in [0.5, 0.6) is 0 Å². The van der Waals surface area contributed by atoms with Crippen molar-refractivity contribution in [2.75, 3.05) is 13.1 Å². The first-order chi connectivity index (χ1) is 9.39. The Kier molecular flexibility index (Phi) is 3.75. The minimum Gasteiger partial charge on any atom is -0.327 e. The standard InChI is InChI=1S/C13H16Cl2N2O2S/c14-9-2-3-11(15)13(5-9)20(18,19)17-6-8-1-4-12(16)10(8)7-17/h2-3,5,8,10,12H,1,4,6-7,16H2. The number of rotatable bonds is 2. The van der Waals surface area contributed by atoms with Crippen LogP contribution in [0.25, 0.3) is 0 Å². The van der Waals surface area contributed by atoms with Crippen LogP contribution in [0.15, 0.2) is 23.1 Å². The molecule has 20 heavy (non-hydrogen) atoms. The van der Waals surface area contributed by atoms with Crippen molar-refractivity contribution in [1.29, 1.82) is 0 Å². The Balaban J connectivity index is 1.92. The molecule has 7 heteroatoms. The Labute approximate surface area is 128 Å². The largest absolute Gasteiger partial charge is 0.327 e. The molecular formula is C13H16Cl2N2O2S. The maximum atomic E-state index is 12.7. The van der Waals surface area contributed by atoms with Crippen molar-refractivity contribution in [3.8, 4) is 0 Å². The first kappa shape index (κ1) is 14.6. The summed E-state index contributed by atoms with van der Waals surface area (Å²) in [6.07, 6.45) is 1.99. The Morgan fingerprint density at radius 2 is 1.95 bits per heavy atom. The summed E-state index contributed by atoms with van der Waals surface area (Å²) in [4.78, 5) is 0.0835. The van der Waals surface area contributed by atoms with E-state index in [9.17, 15) is 8.42 Å². The number of nitrogens with zero attached hydrogens (tertiary/aromatic N) is 1. The molecule has 2 fully saturated rings. The number of nitrogens with two attached hydrogens (primary N) is 1. The summed E-state index contributed by atoms with van der Waals surface area (Å²) in [7, 11) is -3.60. The summed E-state index contributed by atoms with van der Waals surface area (Å²) in [5.41, 5.74) is 6.05. The van der Waals surface area contributed by atoms with Gasteiger partial charge >= 0.3 is 0 Å². The van der Waals surface area contributed by atoms with Gasteiger partial charge in [-0.1, -0.05) is 23.2 Å². The van der Waals surface area contributed by atoms with Gasteiger partial charge in [0, 0.05) is 24.2 Å². The fourth-order valence-electron chi connectivity index (χ4n) is 3.28. The van der Waals surface area contributed by atoms with Crippen LogP contribution < -0.4 is 5.73 Å². The van der Waals surface area contributed by atoms with Crippen LogP contribution in [0.1, 0.15) is 12.8 Å². The first-order valence-corrected chi connectivity index (χ1v) is 8.80. The summed E-state index contributed by atoms with van der Waals surface area (Å²) in [5, 5.41) is 0.569. The lowest BCUT2D eigenvalue weighted by molar-refractivity contribution is 0.427. The van der Waals surface area contributed by atoms with Crippen LogP contribution in [0.4, 0.5) is 0 Å². The maximum absolute atomic E-state index is 12.7. The quantitative estimate of drug-likeness (QED) is 0.902. The third-order valence-electron chi connectivity index (χ3n) is 4.39. The number of hydrogen-bond acceptors (Lipinski definition) is 3. The van der Waals surface area contributed by atoms with Crippen molar-refractivity contribution in [3.05, 3.63) is 28.2 Å². The van der Waals surface area contributed by atoms with E-state index in [2.05, 4.69) is 0 Å². The molecule has 1 aliphatic carbocycles. The highest BCUT2D eigenvalue weighted by Gasteiger charge is 2.45. The van der Waals surface area contributed by atoms with E-state index in [1.807, 2.05) is 0 Å². The highest BCUT2D eigenvalue weighted by molar-refractivity contribution is 7.89. The molecule has 0 bridgehead atoms. The van der Waals surface area contributed by atoms with Gasteiger partial charge in [-0.25, -0.2) is 8.42 Å². The fraction of sp³-hybridized carbons (Fsp3) is 0.538. The maximum Gasteiger partial charge on any atom is 0.244 e. The van der Waals surface area contributed by atoms with Gasteiger partial charge in [0.05, 0.1) is 5.02 Å². The van der Waals surface area contributed by atoms with Crippen molar-refractivity contribution >= 4 is 33.2 Å². The molecule has 1 aliphatic heterocycles. The van der Waals surface area contributed by atoms with Crippen LogP contribution >= 0.6 is 23.2 Å². The molecule has 1 heterocycles. The van der Waals surface area contributed by atoms with Gasteiger partial charge in [-0.05, 0) is 42.9 Å². The van der Waals surface area contributed by atoms with Gasteiger partial charge in [-0.2, -0.15) is 4.31 Å². The minimum atomic E-state index is -3.60. The van der Waals surface area contributed by atoms with Gasteiger partial charge < -0.3 is 5.73 Å². The zero-order valence-electron chi connectivity index (χ0n) is 10.8. The smallest absolute Gasteiger partial charge is 0.244 e. The Hall–Kier alpha value is -0.330. The second-order valence-corrected chi connectivity index (χ2v) is 8.31. The fourth-order valence-corrected chi connectivity index (χ4v) is 5.55. The van der Waals surface area contributed by atoms with Crippen molar-refractivity contribution in [1.82, 2.24) is 4.31 Å². The van der Waals surface area contributed by atoms with Gasteiger partial charge in [-0.15, -0.1) is 0 Å². The molecule has 1 aromatic carbocycles. The van der Waals surface area contributed by atoms with Crippen molar-refractivity contribution in [3.63, 3.8) is 0 Å². The van der Waals surface area contributed by atoms with E-state index in [4.69, 9.17) is 28.9 Å². The molecule has 1 aromatic rings. The average Bonchev–Trinajstić information content (AvgIpc) is 2.95. The van der Waals surface area contributed by atoms with Gasteiger partial charge in [0.25, 0.3) is 0 Å². The molecule has 4 nitrogen and oxygen atoms in total. The number of sulfonamides is 1. The van der Waals surface area contributed by atoms with Gasteiger partial charge in [0.15, 0.2) is 0 Å². The molecule has 0 spiro atoms. The van der Waals surface area contributed by atoms with E-state index in [-0.39, 0.29) is 21.9 Å². The predicted octanol–water partition coefficient (Wildman–Crippen LogP) is 2.35. The van der Waals surface area contributed by atoms with Gasteiger partial charge in [0.2, 0.25) is 10.0 Å². The third-order valence-corrected chi connectivity index (χ3v) is 6.94. The zero-order valence-corrected chi connectivity index (χ0v) is 13.1. The average molecular weight is 335 g/mol. The van der Waals surface area contributed by atoms with E-state index < -0.39 is 10.0 Å². The molecule has 0 radical (unpaired) electrons. The number of halogens is 2. The normalized spacial score (nSPS) is 30.6. The molecule has 2 N–H and O–H groups in total. The lowest BCUT2D eigenvalue weighted by Crippen LogP contribution is -2.33. The molecule has 0 amide bonds. The first-order valence-electron chi connectivity index (χ1n) is 6.60. The molecule has 110 valence electrons. The Morgan fingerprint density at radius 1 is 1.20 bits per heavy atom. The summed E-state index contributed by atoms with van der Waals surface area (Å²) in [6.45, 7) is 1.01. The van der Waals surface area contributed by atoms with E-state index in [1.165, 1.54) is 16.4 Å². The van der Waals surface area contributed by atoms with E-state index in [0.717, 1.165) is 12.8 Å². The monoisotopic (exact) mass is 334 g/mol. The predicted molar refractivity (Wildman–Crippen MR) is 79.4 cm³/mol.